The second-order valence-corrected chi connectivity index (χ2v) is 8.43. The molecule has 1 aromatic carbocycles. The van der Waals surface area contributed by atoms with Gasteiger partial charge < -0.3 is 14.4 Å². The summed E-state index contributed by atoms with van der Waals surface area (Å²) in [4.78, 5) is 12.4. The summed E-state index contributed by atoms with van der Waals surface area (Å²) in [6, 6.07) is 4.56. The van der Waals surface area contributed by atoms with Crippen molar-refractivity contribution in [2.24, 2.45) is 0 Å². The predicted molar refractivity (Wildman–Crippen MR) is 114 cm³/mol. The Hall–Kier alpha value is -2.68. The van der Waals surface area contributed by atoms with E-state index in [9.17, 15) is 9.18 Å². The van der Waals surface area contributed by atoms with Gasteiger partial charge in [0.15, 0.2) is 5.82 Å². The Morgan fingerprint density at radius 2 is 2.13 bits per heavy atom. The Bertz CT molecular complexity index is 1040. The van der Waals surface area contributed by atoms with Crippen LogP contribution in [0.5, 0.6) is 0 Å². The highest BCUT2D eigenvalue weighted by atomic mass is 32.2. The molecular formula is C21H24FN5O2S. The normalized spacial score (nSPS) is 13.7. The molecule has 7 nitrogen and oxygen atoms in total. The van der Waals surface area contributed by atoms with Gasteiger partial charge in [-0.3, -0.25) is 4.79 Å². The lowest BCUT2D eigenvalue weighted by molar-refractivity contribution is -0.113. The zero-order valence-corrected chi connectivity index (χ0v) is 17.9. The number of halogens is 1. The first-order valence-corrected chi connectivity index (χ1v) is 11.2. The Balaban J connectivity index is 1.43. The third kappa shape index (κ3) is 4.40. The van der Waals surface area contributed by atoms with Crippen LogP contribution in [0.4, 0.5) is 10.1 Å². The number of benzene rings is 1. The van der Waals surface area contributed by atoms with Crippen molar-refractivity contribution < 1.29 is 13.7 Å². The number of carbonyl (C=O) groups is 1. The molecule has 0 fully saturated rings. The summed E-state index contributed by atoms with van der Waals surface area (Å²) < 4.78 is 21.7. The summed E-state index contributed by atoms with van der Waals surface area (Å²) in [5.74, 6) is 2.59. The van der Waals surface area contributed by atoms with E-state index in [4.69, 9.17) is 4.52 Å². The first-order valence-electron chi connectivity index (χ1n) is 10.0. The third-order valence-electron chi connectivity index (χ3n) is 5.26. The highest BCUT2D eigenvalue weighted by Gasteiger charge is 2.19. The number of aromatic nitrogens is 4. The molecular weight excluding hydrogens is 405 g/mol. The SMILES string of the molecule is Cc1noc(C)c1CSCC(=O)Nc1ccc(F)c(-c2nnc3n2CCCCC3)c1. The number of nitrogens with zero attached hydrogens (tertiary/aromatic N) is 4. The molecule has 0 saturated carbocycles. The van der Waals surface area contributed by atoms with Crippen molar-refractivity contribution in [2.75, 3.05) is 11.1 Å². The molecule has 1 N–H and O–H groups in total. The van der Waals surface area contributed by atoms with E-state index < -0.39 is 0 Å². The van der Waals surface area contributed by atoms with Gasteiger partial charge in [0, 0.05) is 30.0 Å². The molecule has 0 aliphatic carbocycles. The summed E-state index contributed by atoms with van der Waals surface area (Å²) in [5, 5.41) is 15.2. The van der Waals surface area contributed by atoms with Gasteiger partial charge in [0.05, 0.1) is 17.0 Å². The van der Waals surface area contributed by atoms with Crippen molar-refractivity contribution in [3.63, 3.8) is 0 Å². The number of hydrogen-bond acceptors (Lipinski definition) is 6. The summed E-state index contributed by atoms with van der Waals surface area (Å²) >= 11 is 1.48. The fourth-order valence-electron chi connectivity index (χ4n) is 3.61. The van der Waals surface area contributed by atoms with Crippen molar-refractivity contribution in [3.05, 3.63) is 46.9 Å². The molecule has 0 bridgehead atoms. The van der Waals surface area contributed by atoms with Crippen LogP contribution in [-0.4, -0.2) is 31.6 Å². The fourth-order valence-corrected chi connectivity index (χ4v) is 4.59. The van der Waals surface area contributed by atoms with Gasteiger partial charge in [-0.05, 0) is 44.9 Å². The van der Waals surface area contributed by atoms with E-state index in [0.29, 0.717) is 22.8 Å². The van der Waals surface area contributed by atoms with Crippen LogP contribution in [0.2, 0.25) is 0 Å². The van der Waals surface area contributed by atoms with E-state index >= 15 is 0 Å². The second kappa shape index (κ2) is 8.99. The Morgan fingerprint density at radius 3 is 2.93 bits per heavy atom. The van der Waals surface area contributed by atoms with Crippen molar-refractivity contribution in [3.8, 4) is 11.4 Å². The van der Waals surface area contributed by atoms with Gasteiger partial charge in [-0.25, -0.2) is 4.39 Å². The van der Waals surface area contributed by atoms with Crippen LogP contribution < -0.4 is 5.32 Å². The van der Waals surface area contributed by atoms with E-state index in [-0.39, 0.29) is 17.5 Å². The van der Waals surface area contributed by atoms with Crippen LogP contribution in [-0.2, 0) is 23.5 Å². The molecule has 0 unspecified atom stereocenters. The molecule has 0 saturated heterocycles. The predicted octanol–water partition coefficient (Wildman–Crippen LogP) is 4.29. The zero-order valence-electron chi connectivity index (χ0n) is 17.1. The van der Waals surface area contributed by atoms with Crippen LogP contribution in [0.25, 0.3) is 11.4 Å². The van der Waals surface area contributed by atoms with Crippen LogP contribution in [0.3, 0.4) is 0 Å². The lowest BCUT2D eigenvalue weighted by Crippen LogP contribution is -2.14. The Morgan fingerprint density at radius 1 is 1.27 bits per heavy atom. The van der Waals surface area contributed by atoms with Crippen LogP contribution in [0.15, 0.2) is 22.7 Å². The van der Waals surface area contributed by atoms with Crippen molar-refractivity contribution in [1.29, 1.82) is 0 Å². The second-order valence-electron chi connectivity index (χ2n) is 7.44. The average Bonchev–Trinajstić information content (AvgIpc) is 3.17. The molecule has 1 aliphatic heterocycles. The molecule has 0 atom stereocenters. The maximum absolute atomic E-state index is 14.6. The molecule has 158 valence electrons. The third-order valence-corrected chi connectivity index (χ3v) is 6.22. The summed E-state index contributed by atoms with van der Waals surface area (Å²) in [6.07, 6.45) is 4.08. The summed E-state index contributed by atoms with van der Waals surface area (Å²) in [6.45, 7) is 4.53. The van der Waals surface area contributed by atoms with E-state index in [1.165, 1.54) is 17.8 Å². The highest BCUT2D eigenvalue weighted by molar-refractivity contribution is 7.99. The summed E-state index contributed by atoms with van der Waals surface area (Å²) in [7, 11) is 0. The minimum Gasteiger partial charge on any atom is -0.361 e. The molecule has 1 amide bonds. The van der Waals surface area contributed by atoms with Gasteiger partial charge in [-0.1, -0.05) is 11.6 Å². The quantitative estimate of drug-likeness (QED) is 0.629. The topological polar surface area (TPSA) is 85.8 Å². The van der Waals surface area contributed by atoms with E-state index in [1.807, 2.05) is 18.4 Å². The van der Waals surface area contributed by atoms with Crippen molar-refractivity contribution in [1.82, 2.24) is 19.9 Å². The van der Waals surface area contributed by atoms with Gasteiger partial charge in [-0.2, -0.15) is 0 Å². The number of fused-ring (bicyclic) bond motifs is 1. The van der Waals surface area contributed by atoms with Crippen LogP contribution in [0.1, 0.15) is 42.1 Å². The van der Waals surface area contributed by atoms with Gasteiger partial charge in [-0.15, -0.1) is 22.0 Å². The molecule has 9 heteroatoms. The molecule has 0 radical (unpaired) electrons. The average molecular weight is 430 g/mol. The smallest absolute Gasteiger partial charge is 0.234 e. The number of carbonyl (C=O) groups excluding carboxylic acids is 1. The van der Waals surface area contributed by atoms with E-state index in [0.717, 1.165) is 55.1 Å². The number of thioether (sulfide) groups is 1. The fraction of sp³-hybridized carbons (Fsp3) is 0.429. The zero-order chi connectivity index (χ0) is 21.1. The first kappa shape index (κ1) is 20.6. The Labute approximate surface area is 178 Å². The van der Waals surface area contributed by atoms with Crippen LogP contribution in [0, 0.1) is 19.7 Å². The lowest BCUT2D eigenvalue weighted by atomic mass is 10.1. The van der Waals surface area contributed by atoms with Gasteiger partial charge in [0.25, 0.3) is 0 Å². The molecule has 0 spiro atoms. The lowest BCUT2D eigenvalue weighted by Gasteiger charge is -2.10. The maximum Gasteiger partial charge on any atom is 0.234 e. The summed E-state index contributed by atoms with van der Waals surface area (Å²) in [5.41, 5.74) is 2.76. The standard InChI is InChI=1S/C21H24FN5O2S/c1-13-17(14(2)29-26-13)11-30-12-20(28)23-15-7-8-18(22)16(10-15)21-25-24-19-6-4-3-5-9-27(19)21/h7-8,10H,3-6,9,11-12H2,1-2H3,(H,23,28). The number of rotatable bonds is 6. The maximum atomic E-state index is 14.6. The van der Waals surface area contributed by atoms with E-state index in [1.54, 1.807) is 12.1 Å². The van der Waals surface area contributed by atoms with Gasteiger partial charge in [0.1, 0.15) is 17.4 Å². The van der Waals surface area contributed by atoms with Crippen molar-refractivity contribution in [2.45, 2.75) is 51.8 Å². The largest absolute Gasteiger partial charge is 0.361 e. The number of nitrogens with one attached hydrogen (secondary N) is 1. The van der Waals surface area contributed by atoms with Gasteiger partial charge in [0.2, 0.25) is 5.91 Å². The number of hydrogen-bond donors (Lipinski definition) is 1. The molecule has 1 aliphatic rings. The number of amides is 1. The molecule has 30 heavy (non-hydrogen) atoms. The monoisotopic (exact) mass is 429 g/mol. The van der Waals surface area contributed by atoms with E-state index in [2.05, 4.69) is 20.7 Å². The minimum absolute atomic E-state index is 0.149. The molecule has 2 aromatic heterocycles. The number of anilines is 1. The van der Waals surface area contributed by atoms with Gasteiger partial charge >= 0.3 is 0 Å². The number of aryl methyl sites for hydroxylation is 3. The molecule has 3 heterocycles. The van der Waals surface area contributed by atoms with Crippen molar-refractivity contribution >= 4 is 23.4 Å². The molecule has 4 rings (SSSR count). The first-order chi connectivity index (χ1) is 14.5. The van der Waals surface area contributed by atoms with Crippen LogP contribution >= 0.6 is 11.8 Å². The Kier molecular flexibility index (Phi) is 6.17. The highest BCUT2D eigenvalue weighted by Crippen LogP contribution is 2.28. The molecule has 3 aromatic rings. The minimum atomic E-state index is -0.375.